The lowest BCUT2D eigenvalue weighted by Gasteiger charge is -2.21. The molecule has 4 heteroatoms. The topological polar surface area (TPSA) is 38.5 Å². The summed E-state index contributed by atoms with van der Waals surface area (Å²) in [5.41, 5.74) is 7.86. The summed E-state index contributed by atoms with van der Waals surface area (Å²) in [5.74, 6) is 0.565. The Hall–Kier alpha value is -2.07. The van der Waals surface area contributed by atoms with Gasteiger partial charge in [-0.2, -0.15) is 0 Å². The average molecular weight is 274 g/mol. The molecule has 106 valence electrons. The van der Waals surface area contributed by atoms with Crippen LogP contribution in [-0.4, -0.2) is 14.2 Å². The Morgan fingerprint density at radius 1 is 1.15 bits per heavy atom. The average Bonchev–Trinajstić information content (AvgIpc) is 2.47. The molecule has 0 fully saturated rings. The summed E-state index contributed by atoms with van der Waals surface area (Å²) in [6.45, 7) is 0.855. The molecule has 20 heavy (non-hydrogen) atoms. The van der Waals surface area contributed by atoms with Gasteiger partial charge in [0, 0.05) is 37.0 Å². The third kappa shape index (κ3) is 3.08. The molecule has 2 rings (SSSR count). The van der Waals surface area contributed by atoms with Crippen LogP contribution in [0.5, 0.6) is 5.75 Å². The molecule has 0 spiro atoms. The van der Waals surface area contributed by atoms with E-state index in [1.807, 2.05) is 42.3 Å². The van der Waals surface area contributed by atoms with Crippen molar-refractivity contribution in [2.24, 2.45) is 5.73 Å². The zero-order valence-electron chi connectivity index (χ0n) is 11.8. The SMILES string of the molecule is COc1ccccc1CN(C)c1ccc(CN)c(F)c1. The van der Waals surface area contributed by atoms with Crippen LogP contribution >= 0.6 is 0 Å². The molecule has 0 saturated carbocycles. The van der Waals surface area contributed by atoms with Crippen molar-refractivity contribution in [3.63, 3.8) is 0 Å². The summed E-state index contributed by atoms with van der Waals surface area (Å²) in [6.07, 6.45) is 0. The van der Waals surface area contributed by atoms with Gasteiger partial charge in [-0.1, -0.05) is 24.3 Å². The predicted octanol–water partition coefficient (Wildman–Crippen LogP) is 2.93. The molecule has 0 atom stereocenters. The van der Waals surface area contributed by atoms with Crippen LogP contribution in [0.15, 0.2) is 42.5 Å². The van der Waals surface area contributed by atoms with E-state index in [0.717, 1.165) is 17.0 Å². The fourth-order valence-electron chi connectivity index (χ4n) is 2.12. The monoisotopic (exact) mass is 274 g/mol. The molecule has 0 aliphatic heterocycles. The first-order valence-electron chi connectivity index (χ1n) is 6.47. The quantitative estimate of drug-likeness (QED) is 0.911. The lowest BCUT2D eigenvalue weighted by Crippen LogP contribution is -2.17. The van der Waals surface area contributed by atoms with E-state index in [0.29, 0.717) is 12.1 Å². The van der Waals surface area contributed by atoms with Gasteiger partial charge in [0.1, 0.15) is 11.6 Å². The number of anilines is 1. The summed E-state index contributed by atoms with van der Waals surface area (Å²) in [7, 11) is 3.57. The van der Waals surface area contributed by atoms with Crippen LogP contribution in [0.1, 0.15) is 11.1 Å². The Labute approximate surface area is 118 Å². The zero-order chi connectivity index (χ0) is 14.5. The third-order valence-corrected chi connectivity index (χ3v) is 3.30. The second kappa shape index (κ2) is 6.39. The van der Waals surface area contributed by atoms with Crippen LogP contribution in [0.4, 0.5) is 10.1 Å². The maximum Gasteiger partial charge on any atom is 0.129 e. The fourth-order valence-corrected chi connectivity index (χ4v) is 2.12. The maximum atomic E-state index is 13.8. The lowest BCUT2D eigenvalue weighted by atomic mass is 10.1. The summed E-state index contributed by atoms with van der Waals surface area (Å²) < 4.78 is 19.1. The molecule has 0 bridgehead atoms. The van der Waals surface area contributed by atoms with E-state index >= 15 is 0 Å². The molecule has 0 heterocycles. The molecule has 3 nitrogen and oxygen atoms in total. The second-order valence-electron chi connectivity index (χ2n) is 4.65. The normalized spacial score (nSPS) is 10.4. The first kappa shape index (κ1) is 14.3. The number of nitrogens with two attached hydrogens (primary N) is 1. The van der Waals surface area contributed by atoms with Crippen LogP contribution in [0.25, 0.3) is 0 Å². The molecule has 2 aromatic carbocycles. The van der Waals surface area contributed by atoms with Gasteiger partial charge in [0.2, 0.25) is 0 Å². The minimum Gasteiger partial charge on any atom is -0.496 e. The molecule has 0 aromatic heterocycles. The smallest absolute Gasteiger partial charge is 0.129 e. The van der Waals surface area contributed by atoms with Gasteiger partial charge >= 0.3 is 0 Å². The van der Waals surface area contributed by atoms with Crippen molar-refractivity contribution < 1.29 is 9.13 Å². The number of hydrogen-bond acceptors (Lipinski definition) is 3. The minimum atomic E-state index is -0.267. The van der Waals surface area contributed by atoms with Crippen molar-refractivity contribution in [1.29, 1.82) is 0 Å². The van der Waals surface area contributed by atoms with Gasteiger partial charge in [0.15, 0.2) is 0 Å². The number of hydrogen-bond donors (Lipinski definition) is 1. The number of rotatable bonds is 5. The van der Waals surface area contributed by atoms with Crippen LogP contribution in [0, 0.1) is 5.82 Å². The minimum absolute atomic E-state index is 0.211. The zero-order valence-corrected chi connectivity index (χ0v) is 11.8. The van der Waals surface area contributed by atoms with Crippen molar-refractivity contribution in [3.8, 4) is 5.75 Å². The summed E-state index contributed by atoms with van der Waals surface area (Å²) in [6, 6.07) is 12.9. The Morgan fingerprint density at radius 3 is 2.55 bits per heavy atom. The van der Waals surface area contributed by atoms with Crippen LogP contribution in [0.2, 0.25) is 0 Å². The third-order valence-electron chi connectivity index (χ3n) is 3.30. The van der Waals surface area contributed by atoms with Gasteiger partial charge in [-0.15, -0.1) is 0 Å². The van der Waals surface area contributed by atoms with Gasteiger partial charge in [0.25, 0.3) is 0 Å². The highest BCUT2D eigenvalue weighted by Crippen LogP contribution is 2.23. The highest BCUT2D eigenvalue weighted by molar-refractivity contribution is 5.49. The number of benzene rings is 2. The molecular formula is C16H19FN2O. The van der Waals surface area contributed by atoms with Crippen molar-refractivity contribution in [2.45, 2.75) is 13.1 Å². The van der Waals surface area contributed by atoms with Crippen molar-refractivity contribution in [1.82, 2.24) is 0 Å². The number of para-hydroxylation sites is 1. The predicted molar refractivity (Wildman–Crippen MR) is 79.4 cm³/mol. The van der Waals surface area contributed by atoms with Crippen molar-refractivity contribution in [3.05, 3.63) is 59.4 Å². The van der Waals surface area contributed by atoms with E-state index in [2.05, 4.69) is 0 Å². The first-order valence-corrected chi connectivity index (χ1v) is 6.47. The highest BCUT2D eigenvalue weighted by Gasteiger charge is 2.09. The Balaban J connectivity index is 2.19. The summed E-state index contributed by atoms with van der Waals surface area (Å²) >= 11 is 0. The van der Waals surface area contributed by atoms with Gasteiger partial charge in [-0.3, -0.25) is 0 Å². The fraction of sp³-hybridized carbons (Fsp3) is 0.250. The van der Waals surface area contributed by atoms with Gasteiger partial charge in [-0.05, 0) is 18.2 Å². The van der Waals surface area contributed by atoms with E-state index in [4.69, 9.17) is 10.5 Å². The number of methoxy groups -OCH3 is 1. The molecule has 2 aromatic rings. The number of nitrogens with zero attached hydrogens (tertiary/aromatic N) is 1. The van der Waals surface area contributed by atoms with Crippen molar-refractivity contribution >= 4 is 5.69 Å². The van der Waals surface area contributed by atoms with E-state index in [1.165, 1.54) is 6.07 Å². The molecular weight excluding hydrogens is 255 g/mol. The molecule has 0 aliphatic rings. The summed E-state index contributed by atoms with van der Waals surface area (Å²) in [4.78, 5) is 1.97. The highest BCUT2D eigenvalue weighted by atomic mass is 19.1. The van der Waals surface area contributed by atoms with Crippen molar-refractivity contribution in [2.75, 3.05) is 19.1 Å². The van der Waals surface area contributed by atoms with Gasteiger partial charge < -0.3 is 15.4 Å². The Kier molecular flexibility index (Phi) is 4.58. The first-order chi connectivity index (χ1) is 9.65. The van der Waals surface area contributed by atoms with E-state index in [1.54, 1.807) is 13.2 Å². The molecule has 0 saturated heterocycles. The second-order valence-corrected chi connectivity index (χ2v) is 4.65. The standard InChI is InChI=1S/C16H19FN2O/c1-19(11-13-5-3-4-6-16(13)20-2)14-8-7-12(10-18)15(17)9-14/h3-9H,10-11,18H2,1-2H3. The van der Waals surface area contributed by atoms with E-state index in [9.17, 15) is 4.39 Å². The molecule has 0 aliphatic carbocycles. The van der Waals surface area contributed by atoms with Crippen LogP contribution in [-0.2, 0) is 13.1 Å². The Morgan fingerprint density at radius 2 is 1.90 bits per heavy atom. The van der Waals surface area contributed by atoms with Crippen LogP contribution in [0.3, 0.4) is 0 Å². The lowest BCUT2D eigenvalue weighted by molar-refractivity contribution is 0.409. The largest absolute Gasteiger partial charge is 0.496 e. The maximum absolute atomic E-state index is 13.8. The number of ether oxygens (including phenoxy) is 1. The Bertz CT molecular complexity index is 586. The molecule has 0 unspecified atom stereocenters. The van der Waals surface area contributed by atoms with Crippen LogP contribution < -0.4 is 15.4 Å². The number of halogens is 1. The van der Waals surface area contributed by atoms with E-state index in [-0.39, 0.29) is 12.4 Å². The summed E-state index contributed by atoms with van der Waals surface area (Å²) in [5, 5.41) is 0. The molecule has 0 radical (unpaired) electrons. The van der Waals surface area contributed by atoms with E-state index < -0.39 is 0 Å². The van der Waals surface area contributed by atoms with Gasteiger partial charge in [-0.25, -0.2) is 4.39 Å². The molecule has 2 N–H and O–H groups in total. The molecule has 0 amide bonds. The van der Waals surface area contributed by atoms with Gasteiger partial charge in [0.05, 0.1) is 7.11 Å².